The Bertz CT molecular complexity index is 1340. The smallest absolute Gasteiger partial charge is 0.311 e. The zero-order chi connectivity index (χ0) is 33.6. The summed E-state index contributed by atoms with van der Waals surface area (Å²) >= 11 is 0. The predicted molar refractivity (Wildman–Crippen MR) is 173 cm³/mol. The van der Waals surface area contributed by atoms with E-state index in [1.54, 1.807) is 6.92 Å². The normalized spacial score (nSPS) is 44.4. The van der Waals surface area contributed by atoms with Gasteiger partial charge in [0.15, 0.2) is 12.1 Å². The SMILES string of the molecule is CC[C@H]1OC(=O)[C@H](C)[C@@H](O)[C@H](C)[C@@H](O[C@@H]2O[C@H](C)C[C@H](N(C)C)[C@H]2O)[C@@]2(C)C[C@@H](C)C3(OC1(C)C=C3CC#Cc1ccccc1)O2. The fourth-order valence-electron chi connectivity index (χ4n) is 8.12. The molecule has 0 aromatic heterocycles. The van der Waals surface area contributed by atoms with Crippen molar-refractivity contribution in [3.8, 4) is 11.8 Å². The highest BCUT2D eigenvalue weighted by molar-refractivity contribution is 5.73. The minimum absolute atomic E-state index is 0.142. The number of carbonyl (C=O) groups is 1. The van der Waals surface area contributed by atoms with Gasteiger partial charge in [-0.25, -0.2) is 0 Å². The lowest BCUT2D eigenvalue weighted by molar-refractivity contribution is -0.328. The second-order valence-corrected chi connectivity index (χ2v) is 14.6. The van der Waals surface area contributed by atoms with Gasteiger partial charge in [0.1, 0.15) is 17.8 Å². The number of fused-ring (bicyclic) bond motifs is 2. The van der Waals surface area contributed by atoms with Gasteiger partial charge in [-0.05, 0) is 84.8 Å². The average Bonchev–Trinajstić information content (AvgIpc) is 3.45. The summed E-state index contributed by atoms with van der Waals surface area (Å²) in [5.41, 5.74) is -0.189. The van der Waals surface area contributed by atoms with Crippen molar-refractivity contribution in [2.24, 2.45) is 17.8 Å². The van der Waals surface area contributed by atoms with Gasteiger partial charge in [-0.15, -0.1) is 0 Å². The van der Waals surface area contributed by atoms with E-state index in [-0.39, 0.29) is 18.1 Å². The minimum atomic E-state index is -1.17. The molecular formula is C37H53NO8. The van der Waals surface area contributed by atoms with Crippen LogP contribution in [0.4, 0.5) is 0 Å². The van der Waals surface area contributed by atoms with Crippen molar-refractivity contribution in [2.75, 3.05) is 14.1 Å². The maximum atomic E-state index is 13.6. The molecule has 9 heteroatoms. The van der Waals surface area contributed by atoms with Gasteiger partial charge in [-0.3, -0.25) is 4.79 Å². The van der Waals surface area contributed by atoms with Crippen molar-refractivity contribution in [3.63, 3.8) is 0 Å². The van der Waals surface area contributed by atoms with Crippen LogP contribution >= 0.6 is 0 Å². The van der Waals surface area contributed by atoms with Crippen molar-refractivity contribution < 1.29 is 38.7 Å². The summed E-state index contributed by atoms with van der Waals surface area (Å²) in [6.45, 7) is 13.5. The molecule has 0 aliphatic carbocycles. The van der Waals surface area contributed by atoms with Crippen molar-refractivity contribution in [3.05, 3.63) is 47.5 Å². The number of carbonyl (C=O) groups excluding carboxylic acids is 1. The summed E-state index contributed by atoms with van der Waals surface area (Å²) in [4.78, 5) is 15.6. The van der Waals surface area contributed by atoms with Crippen LogP contribution in [0.15, 0.2) is 42.0 Å². The van der Waals surface area contributed by atoms with E-state index in [1.807, 2.05) is 90.0 Å². The molecule has 1 aromatic rings. The van der Waals surface area contributed by atoms with Crippen LogP contribution in [0.25, 0.3) is 0 Å². The molecule has 4 aliphatic heterocycles. The lowest BCUT2D eigenvalue weighted by Gasteiger charge is -2.47. The molecule has 3 bridgehead atoms. The average molecular weight is 640 g/mol. The third-order valence-corrected chi connectivity index (χ3v) is 10.6. The van der Waals surface area contributed by atoms with Crippen molar-refractivity contribution in [1.82, 2.24) is 4.90 Å². The molecule has 13 atom stereocenters. The van der Waals surface area contributed by atoms with Gasteiger partial charge >= 0.3 is 5.97 Å². The Morgan fingerprint density at radius 2 is 1.74 bits per heavy atom. The molecule has 1 spiro atoms. The predicted octanol–water partition coefficient (Wildman–Crippen LogP) is 4.43. The molecule has 0 radical (unpaired) electrons. The Morgan fingerprint density at radius 3 is 2.39 bits per heavy atom. The summed E-state index contributed by atoms with van der Waals surface area (Å²) in [5.74, 6) is 3.33. The van der Waals surface area contributed by atoms with Crippen LogP contribution < -0.4 is 0 Å². The third kappa shape index (κ3) is 6.43. The highest BCUT2D eigenvalue weighted by Crippen LogP contribution is 2.57. The number of ether oxygens (including phenoxy) is 5. The molecule has 4 aliphatic rings. The maximum Gasteiger partial charge on any atom is 0.311 e. The van der Waals surface area contributed by atoms with Gasteiger partial charge in [-0.1, -0.05) is 50.8 Å². The molecular weight excluding hydrogens is 586 g/mol. The molecule has 0 saturated carbocycles. The number of hydrogen-bond acceptors (Lipinski definition) is 9. The molecule has 254 valence electrons. The first-order chi connectivity index (χ1) is 21.6. The van der Waals surface area contributed by atoms with E-state index in [2.05, 4.69) is 18.8 Å². The Hall–Kier alpha value is -2.29. The summed E-state index contributed by atoms with van der Waals surface area (Å²) in [5, 5.41) is 23.1. The quantitative estimate of drug-likeness (QED) is 0.275. The van der Waals surface area contributed by atoms with E-state index in [4.69, 9.17) is 23.7 Å². The van der Waals surface area contributed by atoms with Crippen LogP contribution in [-0.4, -0.2) is 95.0 Å². The number of hydrogen-bond donors (Lipinski definition) is 2. The standard InChI is InChI=1S/C37H53NO8/c1-10-29-35(6)21-27(18-14-17-26-15-12-11-13-16-26)37(45-35)22(2)20-36(7,46-37)32(24(4)30(39)25(5)33(41)43-29)44-34-31(40)28(38(8)9)19-23(3)42-34/h11-13,15-16,21-25,28-32,34,39-40H,10,18-20H2,1-9H3/t22-,23-,24+,25-,28+,29-,30+,31-,32-,34+,35?,36-,37?/m1/s1. The molecule has 3 saturated heterocycles. The lowest BCUT2D eigenvalue weighted by Crippen LogP contribution is -2.59. The Kier molecular flexibility index (Phi) is 10.1. The van der Waals surface area contributed by atoms with Crippen LogP contribution in [-0.2, 0) is 28.5 Å². The zero-order valence-corrected chi connectivity index (χ0v) is 28.9. The number of cyclic esters (lactones) is 1. The zero-order valence-electron chi connectivity index (χ0n) is 28.9. The highest BCUT2D eigenvalue weighted by Gasteiger charge is 2.65. The Balaban J connectivity index is 1.57. The van der Waals surface area contributed by atoms with Gasteiger partial charge in [0.25, 0.3) is 0 Å². The van der Waals surface area contributed by atoms with Gasteiger partial charge in [0, 0.05) is 29.9 Å². The molecule has 4 heterocycles. The first-order valence-electron chi connectivity index (χ1n) is 16.8. The van der Waals surface area contributed by atoms with Crippen LogP contribution in [0.1, 0.15) is 79.7 Å². The second kappa shape index (κ2) is 13.3. The summed E-state index contributed by atoms with van der Waals surface area (Å²) in [6, 6.07) is 9.64. The second-order valence-electron chi connectivity index (χ2n) is 14.6. The number of aliphatic hydroxyl groups excluding tert-OH is 2. The van der Waals surface area contributed by atoms with E-state index in [0.717, 1.165) is 11.1 Å². The van der Waals surface area contributed by atoms with Crippen LogP contribution in [0, 0.1) is 29.6 Å². The highest BCUT2D eigenvalue weighted by atomic mass is 16.8. The number of rotatable bonds is 5. The Morgan fingerprint density at radius 1 is 1.04 bits per heavy atom. The van der Waals surface area contributed by atoms with Crippen LogP contribution in [0.3, 0.4) is 0 Å². The molecule has 2 N–H and O–H groups in total. The number of benzene rings is 1. The first kappa shape index (κ1) is 35.0. The van der Waals surface area contributed by atoms with E-state index in [9.17, 15) is 15.0 Å². The molecule has 5 rings (SSSR count). The lowest BCUT2D eigenvalue weighted by atomic mass is 9.78. The molecule has 9 nitrogen and oxygen atoms in total. The molecule has 3 fully saturated rings. The van der Waals surface area contributed by atoms with E-state index < -0.39 is 65.5 Å². The number of aliphatic hydroxyl groups is 2. The summed E-state index contributed by atoms with van der Waals surface area (Å²) in [7, 11) is 3.86. The summed E-state index contributed by atoms with van der Waals surface area (Å²) in [6.07, 6.45) is -0.442. The summed E-state index contributed by atoms with van der Waals surface area (Å²) < 4.78 is 33.2. The number of nitrogens with zero attached hydrogens (tertiary/aromatic N) is 1. The van der Waals surface area contributed by atoms with E-state index in [1.165, 1.54) is 0 Å². The fourth-order valence-corrected chi connectivity index (χ4v) is 8.12. The fraction of sp³-hybridized carbons (Fsp3) is 0.703. The van der Waals surface area contributed by atoms with Crippen LogP contribution in [0.5, 0.6) is 0 Å². The number of likely N-dealkylation sites (N-methyl/N-ethyl adjacent to an activating group) is 1. The molecule has 46 heavy (non-hydrogen) atoms. The van der Waals surface area contributed by atoms with Gasteiger partial charge < -0.3 is 38.8 Å². The first-order valence-corrected chi connectivity index (χ1v) is 16.8. The van der Waals surface area contributed by atoms with Gasteiger partial charge in [0.2, 0.25) is 0 Å². The molecule has 2 unspecified atom stereocenters. The van der Waals surface area contributed by atoms with Crippen molar-refractivity contribution in [1.29, 1.82) is 0 Å². The topological polar surface area (TPSA) is 107 Å². The van der Waals surface area contributed by atoms with Gasteiger partial charge in [0.05, 0.1) is 29.8 Å². The van der Waals surface area contributed by atoms with E-state index in [0.29, 0.717) is 25.7 Å². The Labute approximate surface area is 274 Å². The van der Waals surface area contributed by atoms with E-state index >= 15 is 0 Å². The third-order valence-electron chi connectivity index (χ3n) is 10.6. The maximum absolute atomic E-state index is 13.6. The van der Waals surface area contributed by atoms with Gasteiger partial charge in [-0.2, -0.15) is 0 Å². The van der Waals surface area contributed by atoms with Crippen molar-refractivity contribution in [2.45, 2.75) is 134 Å². The van der Waals surface area contributed by atoms with Crippen LogP contribution in [0.2, 0.25) is 0 Å². The molecule has 0 amide bonds. The monoisotopic (exact) mass is 639 g/mol. The number of esters is 1. The minimum Gasteiger partial charge on any atom is -0.459 e. The molecule has 1 aromatic carbocycles. The largest absolute Gasteiger partial charge is 0.459 e. The van der Waals surface area contributed by atoms with Crippen molar-refractivity contribution >= 4 is 5.97 Å².